The summed E-state index contributed by atoms with van der Waals surface area (Å²) in [5.74, 6) is 0.176. The van der Waals surface area contributed by atoms with Crippen LogP contribution in [0.25, 0.3) is 0 Å². The Labute approximate surface area is 104 Å². The molecule has 0 bridgehead atoms. The van der Waals surface area contributed by atoms with Crippen molar-refractivity contribution in [3.63, 3.8) is 0 Å². The van der Waals surface area contributed by atoms with Crippen LogP contribution in [0, 0.1) is 6.92 Å². The van der Waals surface area contributed by atoms with Gasteiger partial charge in [-0.3, -0.25) is 4.79 Å². The topological polar surface area (TPSA) is 20.3 Å². The summed E-state index contributed by atoms with van der Waals surface area (Å²) in [6, 6.07) is 6.33. The minimum Gasteiger partial charge on any atom is -0.332 e. The molecular weight excluding hydrogens is 210 g/mol. The lowest BCUT2D eigenvalue weighted by atomic mass is 10.1. The van der Waals surface area contributed by atoms with E-state index in [1.807, 2.05) is 24.0 Å². The van der Waals surface area contributed by atoms with E-state index in [4.69, 9.17) is 0 Å². The summed E-state index contributed by atoms with van der Waals surface area (Å²) in [4.78, 5) is 13.8. The molecule has 1 amide bonds. The molecule has 0 radical (unpaired) electrons. The maximum atomic E-state index is 11.9. The Morgan fingerprint density at radius 2 is 2.00 bits per heavy atom. The Kier molecular flexibility index (Phi) is 4.50. The maximum Gasteiger partial charge on any atom is 0.254 e. The first-order chi connectivity index (χ1) is 8.01. The number of carbonyl (C=O) groups is 1. The molecule has 0 saturated carbocycles. The maximum absolute atomic E-state index is 11.9. The smallest absolute Gasteiger partial charge is 0.254 e. The van der Waals surface area contributed by atoms with Crippen LogP contribution in [0.4, 0.5) is 0 Å². The van der Waals surface area contributed by atoms with Crippen molar-refractivity contribution in [2.75, 3.05) is 0 Å². The van der Waals surface area contributed by atoms with E-state index in [-0.39, 0.29) is 11.9 Å². The fourth-order valence-corrected chi connectivity index (χ4v) is 1.89. The van der Waals surface area contributed by atoms with Crippen LogP contribution in [0.3, 0.4) is 0 Å². The SMILES string of the molecule is C=CC.Cc1ccc2c(c1)CN(C(C)C)C2=O. The summed E-state index contributed by atoms with van der Waals surface area (Å²) >= 11 is 0. The van der Waals surface area contributed by atoms with Crippen molar-refractivity contribution in [2.24, 2.45) is 0 Å². The summed E-state index contributed by atoms with van der Waals surface area (Å²) in [6.07, 6.45) is 1.75. The Bertz CT molecular complexity index is 421. The second-order valence-electron chi connectivity index (χ2n) is 4.60. The highest BCUT2D eigenvalue weighted by molar-refractivity contribution is 5.98. The lowest BCUT2D eigenvalue weighted by Gasteiger charge is -2.19. The van der Waals surface area contributed by atoms with Gasteiger partial charge in [0, 0.05) is 18.2 Å². The van der Waals surface area contributed by atoms with Gasteiger partial charge in [0.05, 0.1) is 0 Å². The van der Waals surface area contributed by atoms with E-state index < -0.39 is 0 Å². The zero-order valence-corrected chi connectivity index (χ0v) is 11.2. The standard InChI is InChI=1S/C12H15NO.C3H6/c1-8(2)13-7-10-6-9(3)4-5-11(10)12(13)14;1-3-2/h4-6,8H,7H2,1-3H3;3H,1H2,2H3. The molecule has 17 heavy (non-hydrogen) atoms. The lowest BCUT2D eigenvalue weighted by molar-refractivity contribution is 0.0730. The highest BCUT2D eigenvalue weighted by Gasteiger charge is 2.28. The second kappa shape index (κ2) is 5.67. The molecule has 0 atom stereocenters. The predicted molar refractivity (Wildman–Crippen MR) is 72.1 cm³/mol. The number of carbonyl (C=O) groups excluding carboxylic acids is 1. The third-order valence-electron chi connectivity index (χ3n) is 2.72. The quantitative estimate of drug-likeness (QED) is 0.677. The van der Waals surface area contributed by atoms with Crippen LogP contribution in [0.15, 0.2) is 30.9 Å². The van der Waals surface area contributed by atoms with Crippen molar-refractivity contribution in [1.82, 2.24) is 4.90 Å². The van der Waals surface area contributed by atoms with Crippen molar-refractivity contribution in [3.05, 3.63) is 47.5 Å². The highest BCUT2D eigenvalue weighted by atomic mass is 16.2. The molecule has 0 aromatic heterocycles. The molecular formula is C15H21NO. The van der Waals surface area contributed by atoms with Gasteiger partial charge < -0.3 is 4.90 Å². The zero-order valence-electron chi connectivity index (χ0n) is 11.2. The number of hydrogen-bond acceptors (Lipinski definition) is 1. The van der Waals surface area contributed by atoms with E-state index >= 15 is 0 Å². The van der Waals surface area contributed by atoms with Gasteiger partial charge in [-0.2, -0.15) is 0 Å². The van der Waals surface area contributed by atoms with Crippen molar-refractivity contribution >= 4 is 5.91 Å². The average molecular weight is 231 g/mol. The molecule has 0 spiro atoms. The van der Waals surface area contributed by atoms with E-state index in [0.29, 0.717) is 0 Å². The third kappa shape index (κ3) is 2.96. The van der Waals surface area contributed by atoms with E-state index in [1.165, 1.54) is 11.1 Å². The van der Waals surface area contributed by atoms with Crippen molar-refractivity contribution in [1.29, 1.82) is 0 Å². The predicted octanol–water partition coefficient (Wildman–Crippen LogP) is 3.55. The monoisotopic (exact) mass is 231 g/mol. The normalized spacial score (nSPS) is 13.2. The van der Waals surface area contributed by atoms with E-state index in [1.54, 1.807) is 6.08 Å². The number of amides is 1. The molecule has 0 aliphatic carbocycles. The number of benzene rings is 1. The van der Waals surface area contributed by atoms with Gasteiger partial charge in [-0.15, -0.1) is 6.58 Å². The highest BCUT2D eigenvalue weighted by Crippen LogP contribution is 2.25. The molecule has 2 heteroatoms. The van der Waals surface area contributed by atoms with Gasteiger partial charge in [0.15, 0.2) is 0 Å². The number of aryl methyl sites for hydroxylation is 1. The van der Waals surface area contributed by atoms with Crippen LogP contribution in [0.1, 0.15) is 42.3 Å². The first kappa shape index (κ1) is 13.5. The van der Waals surface area contributed by atoms with Crippen LogP contribution in [-0.4, -0.2) is 16.8 Å². The molecule has 0 saturated heterocycles. The fourth-order valence-electron chi connectivity index (χ4n) is 1.89. The Hall–Kier alpha value is -1.57. The Balaban J connectivity index is 0.000000437. The number of nitrogens with zero attached hydrogens (tertiary/aromatic N) is 1. The van der Waals surface area contributed by atoms with Crippen molar-refractivity contribution in [3.8, 4) is 0 Å². The average Bonchev–Trinajstić information content (AvgIpc) is 2.57. The summed E-state index contributed by atoms with van der Waals surface area (Å²) in [6.45, 7) is 12.2. The Morgan fingerprint density at radius 1 is 1.41 bits per heavy atom. The van der Waals surface area contributed by atoms with E-state index in [9.17, 15) is 4.79 Å². The first-order valence-electron chi connectivity index (χ1n) is 5.98. The molecule has 0 fully saturated rings. The minimum absolute atomic E-state index is 0.176. The molecule has 0 N–H and O–H groups in total. The van der Waals surface area contributed by atoms with Gasteiger partial charge in [-0.1, -0.05) is 23.8 Å². The molecule has 2 nitrogen and oxygen atoms in total. The van der Waals surface area contributed by atoms with Gasteiger partial charge in [-0.25, -0.2) is 0 Å². The van der Waals surface area contributed by atoms with Crippen LogP contribution in [0.5, 0.6) is 0 Å². The van der Waals surface area contributed by atoms with Gasteiger partial charge in [0.1, 0.15) is 0 Å². The molecule has 1 aromatic carbocycles. The third-order valence-corrected chi connectivity index (χ3v) is 2.72. The molecule has 1 heterocycles. The molecule has 1 aliphatic heterocycles. The zero-order chi connectivity index (χ0) is 13.0. The summed E-state index contributed by atoms with van der Waals surface area (Å²) in [5, 5.41) is 0. The summed E-state index contributed by atoms with van der Waals surface area (Å²) in [7, 11) is 0. The van der Waals surface area contributed by atoms with Crippen LogP contribution in [0.2, 0.25) is 0 Å². The number of hydrogen-bond donors (Lipinski definition) is 0. The minimum atomic E-state index is 0.176. The van der Waals surface area contributed by atoms with Crippen LogP contribution < -0.4 is 0 Å². The first-order valence-corrected chi connectivity index (χ1v) is 5.98. The number of allylic oxidation sites excluding steroid dienone is 1. The van der Waals surface area contributed by atoms with Crippen LogP contribution in [-0.2, 0) is 6.54 Å². The molecule has 1 aromatic rings. The van der Waals surface area contributed by atoms with Gasteiger partial charge in [0.2, 0.25) is 0 Å². The second-order valence-corrected chi connectivity index (χ2v) is 4.60. The van der Waals surface area contributed by atoms with E-state index in [0.717, 1.165) is 12.1 Å². The molecule has 2 rings (SSSR count). The largest absolute Gasteiger partial charge is 0.332 e. The number of fused-ring (bicyclic) bond motifs is 1. The number of rotatable bonds is 1. The van der Waals surface area contributed by atoms with Gasteiger partial charge >= 0.3 is 0 Å². The van der Waals surface area contributed by atoms with E-state index in [2.05, 4.69) is 33.4 Å². The summed E-state index contributed by atoms with van der Waals surface area (Å²) < 4.78 is 0. The fraction of sp³-hybridized carbons (Fsp3) is 0.400. The summed E-state index contributed by atoms with van der Waals surface area (Å²) in [5.41, 5.74) is 3.27. The Morgan fingerprint density at radius 3 is 2.53 bits per heavy atom. The molecule has 92 valence electrons. The van der Waals surface area contributed by atoms with Gasteiger partial charge in [0.25, 0.3) is 5.91 Å². The van der Waals surface area contributed by atoms with Crippen LogP contribution >= 0.6 is 0 Å². The molecule has 0 unspecified atom stereocenters. The van der Waals surface area contributed by atoms with Crippen molar-refractivity contribution < 1.29 is 4.79 Å². The van der Waals surface area contributed by atoms with Crippen molar-refractivity contribution in [2.45, 2.75) is 40.3 Å². The lowest BCUT2D eigenvalue weighted by Crippen LogP contribution is -2.30. The van der Waals surface area contributed by atoms with Gasteiger partial charge in [-0.05, 0) is 39.3 Å². The molecule has 1 aliphatic rings.